The highest BCUT2D eigenvalue weighted by Crippen LogP contribution is 2.19. The monoisotopic (exact) mass is 354 g/mol. The van der Waals surface area contributed by atoms with E-state index in [1.807, 2.05) is 23.7 Å². The number of thiazole rings is 2. The first-order chi connectivity index (χ1) is 10.6. The van der Waals surface area contributed by atoms with Gasteiger partial charge in [0.2, 0.25) is 5.12 Å². The molecule has 0 saturated carbocycles. The van der Waals surface area contributed by atoms with Gasteiger partial charge in [0.15, 0.2) is 5.13 Å². The van der Waals surface area contributed by atoms with E-state index in [1.54, 1.807) is 16.7 Å². The number of para-hydroxylation sites is 1. The lowest BCUT2D eigenvalue weighted by atomic mass is 10.3. The van der Waals surface area contributed by atoms with Gasteiger partial charge < -0.3 is 10.6 Å². The van der Waals surface area contributed by atoms with Gasteiger partial charge >= 0.3 is 0 Å². The highest BCUT2D eigenvalue weighted by atomic mass is 32.1. The number of fused-ring (bicyclic) bond motifs is 1. The summed E-state index contributed by atoms with van der Waals surface area (Å²) in [5.41, 5.74) is 11.4. The fourth-order valence-corrected chi connectivity index (χ4v) is 3.04. The number of hydrogen-bond acceptors (Lipinski definition) is 8. The van der Waals surface area contributed by atoms with E-state index >= 15 is 0 Å². The van der Waals surface area contributed by atoms with E-state index in [0.29, 0.717) is 10.8 Å². The summed E-state index contributed by atoms with van der Waals surface area (Å²) in [5, 5.41) is 1.72. The molecule has 1 unspecified atom stereocenters. The summed E-state index contributed by atoms with van der Waals surface area (Å²) in [6.45, 7) is 0. The highest BCUT2D eigenvalue weighted by Gasteiger charge is 2.19. The molecule has 0 radical (unpaired) electrons. The lowest BCUT2D eigenvalue weighted by molar-refractivity contribution is -0.116. The minimum absolute atomic E-state index is 0.368. The van der Waals surface area contributed by atoms with Gasteiger partial charge in [0.25, 0.3) is 0 Å². The maximum absolute atomic E-state index is 11.0. The quantitative estimate of drug-likeness (QED) is 0.493. The number of nitrogen functional groups attached to an aromatic ring is 1. The molecule has 0 aliphatic rings. The first kappa shape index (κ1) is 16.8. The average molecular weight is 354 g/mol. The van der Waals surface area contributed by atoms with Crippen molar-refractivity contribution in [3.05, 3.63) is 40.8 Å². The van der Waals surface area contributed by atoms with Gasteiger partial charge in [0, 0.05) is 5.38 Å². The van der Waals surface area contributed by atoms with Crippen LogP contribution in [0, 0.1) is 0 Å². The fraction of sp³-hybridized carbons (Fsp3) is 0.154. The van der Waals surface area contributed by atoms with Gasteiger partial charge in [-0.1, -0.05) is 12.1 Å². The zero-order chi connectivity index (χ0) is 15.9. The average Bonchev–Trinajstić information content (AvgIpc) is 3.13. The summed E-state index contributed by atoms with van der Waals surface area (Å²) in [6, 6.07) is 7.46. The normalized spacial score (nSPS) is 11.7. The Bertz CT molecular complexity index is 713. The van der Waals surface area contributed by atoms with Crippen LogP contribution in [0.1, 0.15) is 11.7 Å². The molecule has 0 aliphatic carbocycles. The van der Waals surface area contributed by atoms with Crippen molar-refractivity contribution in [2.45, 2.75) is 6.04 Å². The van der Waals surface area contributed by atoms with Crippen molar-refractivity contribution in [3.63, 3.8) is 0 Å². The zero-order valence-corrected chi connectivity index (χ0v) is 14.1. The summed E-state index contributed by atoms with van der Waals surface area (Å²) >= 11 is 6.63. The molecular weight excluding hydrogens is 340 g/mol. The Morgan fingerprint density at radius 1 is 1.41 bits per heavy atom. The van der Waals surface area contributed by atoms with Crippen LogP contribution in [0.15, 0.2) is 35.2 Å². The summed E-state index contributed by atoms with van der Waals surface area (Å²) < 4.78 is 1.26. The zero-order valence-electron chi connectivity index (χ0n) is 11.6. The van der Waals surface area contributed by atoms with Crippen molar-refractivity contribution in [2.24, 2.45) is 0 Å². The largest absolute Gasteiger partial charge is 0.375 e. The van der Waals surface area contributed by atoms with Gasteiger partial charge in [0.1, 0.15) is 6.04 Å². The van der Waals surface area contributed by atoms with E-state index in [9.17, 15) is 4.79 Å². The standard InChI is InChI=1S/C7H5NS.C6H9N3O2S2/c1-2-4-7-6(3-1)8-5-9-7;1-11-9-4(5(10)12)3-2-13-6(7)8-3/h1-5H;2,4,9H,1H3,(H2,7,8)(H,10,12). The third-order valence-corrected chi connectivity index (χ3v) is 4.32. The molecule has 6 nitrogen and oxygen atoms in total. The van der Waals surface area contributed by atoms with Crippen LogP contribution in [0.2, 0.25) is 0 Å². The van der Waals surface area contributed by atoms with Crippen LogP contribution >= 0.6 is 35.3 Å². The maximum Gasteiger partial charge on any atom is 0.211 e. The number of nitrogens with zero attached hydrogens (tertiary/aromatic N) is 2. The third kappa shape index (κ3) is 4.49. The molecule has 0 spiro atoms. The predicted octanol–water partition coefficient (Wildman–Crippen LogP) is 2.67. The molecule has 3 rings (SSSR count). The molecule has 22 heavy (non-hydrogen) atoms. The van der Waals surface area contributed by atoms with Crippen molar-refractivity contribution in [2.75, 3.05) is 12.8 Å². The van der Waals surface area contributed by atoms with Crippen LogP contribution in [0.4, 0.5) is 5.13 Å². The number of hydrogen-bond donors (Lipinski definition) is 3. The Morgan fingerprint density at radius 2 is 2.18 bits per heavy atom. The van der Waals surface area contributed by atoms with Crippen LogP contribution in [-0.4, -0.2) is 22.2 Å². The smallest absolute Gasteiger partial charge is 0.211 e. The molecule has 0 fully saturated rings. The molecule has 116 valence electrons. The van der Waals surface area contributed by atoms with Gasteiger partial charge in [0.05, 0.1) is 28.5 Å². The summed E-state index contributed by atoms with van der Waals surface area (Å²) in [5.74, 6) is 0. The van der Waals surface area contributed by atoms with Gasteiger partial charge in [-0.05, 0) is 12.1 Å². The Labute approximate surface area is 140 Å². The van der Waals surface area contributed by atoms with Gasteiger partial charge in [-0.25, -0.2) is 9.97 Å². The van der Waals surface area contributed by atoms with E-state index in [4.69, 9.17) is 5.73 Å². The van der Waals surface area contributed by atoms with Gasteiger partial charge in [-0.15, -0.1) is 35.3 Å². The van der Waals surface area contributed by atoms with Crippen LogP contribution in [0.3, 0.4) is 0 Å². The van der Waals surface area contributed by atoms with E-state index in [2.05, 4.69) is 39.0 Å². The van der Waals surface area contributed by atoms with Crippen molar-refractivity contribution < 1.29 is 9.63 Å². The second-order valence-corrected chi connectivity index (χ2v) is 6.24. The first-order valence-electron chi connectivity index (χ1n) is 6.12. The summed E-state index contributed by atoms with van der Waals surface area (Å²) in [7, 11) is 1.42. The Balaban J connectivity index is 0.000000170. The predicted molar refractivity (Wildman–Crippen MR) is 93.0 cm³/mol. The molecule has 2 heterocycles. The van der Waals surface area contributed by atoms with Crippen LogP contribution in [0.5, 0.6) is 0 Å². The van der Waals surface area contributed by atoms with Crippen LogP contribution in [-0.2, 0) is 9.63 Å². The molecule has 0 amide bonds. The number of aromatic nitrogens is 2. The number of carbonyl (C=O) groups excluding carboxylic acids is 1. The number of benzene rings is 1. The third-order valence-electron chi connectivity index (χ3n) is 2.55. The Morgan fingerprint density at radius 3 is 2.77 bits per heavy atom. The molecule has 3 N–H and O–H groups in total. The number of anilines is 1. The fourth-order valence-electron chi connectivity index (χ4n) is 1.59. The Hall–Kier alpha value is -1.52. The lowest BCUT2D eigenvalue weighted by Crippen LogP contribution is -2.25. The second-order valence-electron chi connectivity index (χ2n) is 4.02. The van der Waals surface area contributed by atoms with Gasteiger partial charge in [-0.3, -0.25) is 4.79 Å². The summed E-state index contributed by atoms with van der Waals surface area (Å²) in [6.07, 6.45) is 0. The van der Waals surface area contributed by atoms with Crippen molar-refractivity contribution in [1.82, 2.24) is 15.4 Å². The number of thiol groups is 1. The number of hydroxylamine groups is 1. The second kappa shape index (κ2) is 8.20. The van der Waals surface area contributed by atoms with Gasteiger partial charge in [-0.2, -0.15) is 5.48 Å². The summed E-state index contributed by atoms with van der Waals surface area (Å²) in [4.78, 5) is 23.7. The molecule has 1 aromatic carbocycles. The number of nitrogens with one attached hydrogen (secondary N) is 1. The van der Waals surface area contributed by atoms with Crippen molar-refractivity contribution in [1.29, 1.82) is 0 Å². The maximum atomic E-state index is 11.0. The molecular formula is C13H14N4O2S3. The van der Waals surface area contributed by atoms with Crippen molar-refractivity contribution >= 4 is 55.8 Å². The minimum Gasteiger partial charge on any atom is -0.375 e. The molecule has 3 aromatic rings. The SMILES string of the molecule is CONC(C(=O)S)c1csc(N)n1.c1ccc2scnc2c1. The first-order valence-corrected chi connectivity index (χ1v) is 8.33. The van der Waals surface area contributed by atoms with E-state index in [1.165, 1.54) is 23.1 Å². The minimum atomic E-state index is -0.665. The topological polar surface area (TPSA) is 90.1 Å². The van der Waals surface area contributed by atoms with E-state index in [0.717, 1.165) is 5.52 Å². The number of carbonyl (C=O) groups is 1. The van der Waals surface area contributed by atoms with Crippen LogP contribution in [0.25, 0.3) is 10.2 Å². The van der Waals surface area contributed by atoms with Crippen molar-refractivity contribution in [3.8, 4) is 0 Å². The number of rotatable bonds is 4. The molecule has 0 aliphatic heterocycles. The van der Waals surface area contributed by atoms with Crippen LogP contribution < -0.4 is 11.2 Å². The molecule has 2 aromatic heterocycles. The molecule has 0 bridgehead atoms. The molecule has 1 atom stereocenters. The molecule has 9 heteroatoms. The number of nitrogens with two attached hydrogens (primary N) is 1. The van der Waals surface area contributed by atoms with E-state index in [-0.39, 0.29) is 5.12 Å². The Kier molecular flexibility index (Phi) is 6.28. The van der Waals surface area contributed by atoms with E-state index < -0.39 is 6.04 Å². The lowest BCUT2D eigenvalue weighted by Gasteiger charge is -2.09. The highest BCUT2D eigenvalue weighted by molar-refractivity contribution is 7.96. The molecule has 0 saturated heterocycles.